The number of fused-ring (bicyclic) bond motifs is 1. The number of carbonyl (C=O) groups is 2. The molecule has 170 valence electrons. The Morgan fingerprint density at radius 2 is 1.79 bits per heavy atom. The number of carbonyl (C=O) groups excluding carboxylic acids is 2. The van der Waals surface area contributed by atoms with Crippen molar-refractivity contribution >= 4 is 23.2 Å². The molecule has 4 rings (SSSR count). The van der Waals surface area contributed by atoms with Crippen molar-refractivity contribution in [3.8, 4) is 17.2 Å². The first kappa shape index (κ1) is 22.2. The average Bonchev–Trinajstić information content (AvgIpc) is 2.82. The third-order valence-corrected chi connectivity index (χ3v) is 5.47. The molecule has 1 heterocycles. The number of methoxy groups -OCH3 is 1. The van der Waals surface area contributed by atoms with Gasteiger partial charge in [0.05, 0.1) is 19.3 Å². The molecule has 3 aromatic rings. The fourth-order valence-corrected chi connectivity index (χ4v) is 3.68. The van der Waals surface area contributed by atoms with Gasteiger partial charge in [0.25, 0.3) is 11.8 Å². The molecule has 1 atom stereocenters. The van der Waals surface area contributed by atoms with Crippen LogP contribution in [0.3, 0.4) is 0 Å². The molecule has 1 unspecified atom stereocenters. The highest BCUT2D eigenvalue weighted by atomic mass is 16.5. The highest BCUT2D eigenvalue weighted by Crippen LogP contribution is 2.37. The summed E-state index contributed by atoms with van der Waals surface area (Å²) in [6, 6.07) is 20.3. The highest BCUT2D eigenvalue weighted by molar-refractivity contribution is 6.01. The lowest BCUT2D eigenvalue weighted by molar-refractivity contribution is -0.125. The minimum atomic E-state index is -0.587. The van der Waals surface area contributed by atoms with Crippen molar-refractivity contribution in [2.75, 3.05) is 23.9 Å². The Morgan fingerprint density at radius 1 is 1.06 bits per heavy atom. The molecule has 33 heavy (non-hydrogen) atoms. The number of hydrogen-bond donors (Lipinski definition) is 1. The van der Waals surface area contributed by atoms with Gasteiger partial charge in [0.15, 0.2) is 24.2 Å². The summed E-state index contributed by atoms with van der Waals surface area (Å²) in [5.74, 6) is 1.17. The summed E-state index contributed by atoms with van der Waals surface area (Å²) < 4.78 is 16.6. The summed E-state index contributed by atoms with van der Waals surface area (Å²) in [5.41, 5.74) is 3.31. The third kappa shape index (κ3) is 4.92. The van der Waals surface area contributed by atoms with Crippen LogP contribution in [0.5, 0.6) is 17.2 Å². The summed E-state index contributed by atoms with van der Waals surface area (Å²) in [6.45, 7) is 3.99. The molecule has 0 saturated carbocycles. The molecule has 1 aliphatic rings. The Balaban J connectivity index is 1.51. The molecular weight excluding hydrogens is 420 g/mol. The summed E-state index contributed by atoms with van der Waals surface area (Å²) in [5, 5.41) is 2.82. The van der Waals surface area contributed by atoms with Gasteiger partial charge in [-0.05, 0) is 55.3 Å². The van der Waals surface area contributed by atoms with Gasteiger partial charge in [-0.15, -0.1) is 0 Å². The lowest BCUT2D eigenvalue weighted by Gasteiger charge is -2.33. The van der Waals surface area contributed by atoms with Crippen molar-refractivity contribution in [3.63, 3.8) is 0 Å². The Kier molecular flexibility index (Phi) is 6.49. The third-order valence-electron chi connectivity index (χ3n) is 5.47. The number of anilines is 2. The van der Waals surface area contributed by atoms with Gasteiger partial charge in [-0.25, -0.2) is 0 Å². The maximum atomic E-state index is 12.9. The monoisotopic (exact) mass is 446 g/mol. The van der Waals surface area contributed by atoms with Crippen LogP contribution >= 0.6 is 0 Å². The van der Waals surface area contributed by atoms with Crippen LogP contribution in [0.1, 0.15) is 18.1 Å². The number of amides is 2. The number of ether oxygens (including phenoxy) is 3. The van der Waals surface area contributed by atoms with Crippen LogP contribution in [0, 0.1) is 6.92 Å². The van der Waals surface area contributed by atoms with Crippen LogP contribution in [0.2, 0.25) is 0 Å². The van der Waals surface area contributed by atoms with E-state index in [1.165, 1.54) is 0 Å². The number of para-hydroxylation sites is 2. The van der Waals surface area contributed by atoms with Gasteiger partial charge in [-0.1, -0.05) is 36.4 Å². The molecule has 0 radical (unpaired) electrons. The number of nitrogens with one attached hydrogen (secondary N) is 1. The van der Waals surface area contributed by atoms with Crippen molar-refractivity contribution in [3.05, 3.63) is 77.9 Å². The molecule has 2 amide bonds. The number of nitrogens with zero attached hydrogens (tertiary/aromatic N) is 1. The van der Waals surface area contributed by atoms with Crippen LogP contribution in [-0.4, -0.2) is 31.6 Å². The van der Waals surface area contributed by atoms with Crippen molar-refractivity contribution in [2.24, 2.45) is 0 Å². The second kappa shape index (κ2) is 9.65. The lowest BCUT2D eigenvalue weighted by Crippen LogP contribution is -2.44. The van der Waals surface area contributed by atoms with Gasteiger partial charge >= 0.3 is 0 Å². The van der Waals surface area contributed by atoms with Crippen LogP contribution in [0.4, 0.5) is 11.4 Å². The summed E-state index contributed by atoms with van der Waals surface area (Å²) in [6.07, 6.45) is -0.587. The van der Waals surface area contributed by atoms with Gasteiger partial charge in [0, 0.05) is 5.69 Å². The predicted molar refractivity (Wildman–Crippen MR) is 126 cm³/mol. The maximum Gasteiger partial charge on any atom is 0.268 e. The van der Waals surface area contributed by atoms with Crippen LogP contribution in [0.15, 0.2) is 66.7 Å². The van der Waals surface area contributed by atoms with Crippen molar-refractivity contribution < 1.29 is 23.8 Å². The van der Waals surface area contributed by atoms with Crippen molar-refractivity contribution in [1.82, 2.24) is 0 Å². The molecule has 7 nitrogen and oxygen atoms in total. The van der Waals surface area contributed by atoms with E-state index in [2.05, 4.69) is 5.32 Å². The smallest absolute Gasteiger partial charge is 0.268 e. The topological polar surface area (TPSA) is 77.1 Å². The zero-order valence-corrected chi connectivity index (χ0v) is 18.8. The quantitative estimate of drug-likeness (QED) is 0.584. The maximum absolute atomic E-state index is 12.9. The lowest BCUT2D eigenvalue weighted by atomic mass is 10.1. The van der Waals surface area contributed by atoms with E-state index < -0.39 is 6.10 Å². The normalized spacial score (nSPS) is 14.8. The second-order valence-corrected chi connectivity index (χ2v) is 7.78. The van der Waals surface area contributed by atoms with Crippen LogP contribution < -0.4 is 24.4 Å². The number of rotatable bonds is 7. The van der Waals surface area contributed by atoms with E-state index in [0.717, 1.165) is 11.1 Å². The second-order valence-electron chi connectivity index (χ2n) is 7.78. The van der Waals surface area contributed by atoms with E-state index in [4.69, 9.17) is 14.2 Å². The van der Waals surface area contributed by atoms with E-state index in [1.807, 2.05) is 37.3 Å². The van der Waals surface area contributed by atoms with Gasteiger partial charge in [-0.2, -0.15) is 0 Å². The number of benzene rings is 3. The molecule has 0 aromatic heterocycles. The predicted octanol–water partition coefficient (Wildman–Crippen LogP) is 4.34. The van der Waals surface area contributed by atoms with Crippen molar-refractivity contribution in [2.45, 2.75) is 26.5 Å². The Morgan fingerprint density at radius 3 is 2.55 bits per heavy atom. The van der Waals surface area contributed by atoms with Gasteiger partial charge in [0.2, 0.25) is 0 Å². The molecule has 0 aliphatic carbocycles. The minimum Gasteiger partial charge on any atom is -0.493 e. The minimum absolute atomic E-state index is 0.131. The largest absolute Gasteiger partial charge is 0.493 e. The zero-order valence-electron chi connectivity index (χ0n) is 18.8. The van der Waals surface area contributed by atoms with Crippen LogP contribution in [-0.2, 0) is 16.1 Å². The van der Waals surface area contributed by atoms with E-state index in [1.54, 1.807) is 55.3 Å². The van der Waals surface area contributed by atoms with E-state index >= 15 is 0 Å². The molecule has 1 aliphatic heterocycles. The first-order valence-corrected chi connectivity index (χ1v) is 10.7. The van der Waals surface area contributed by atoms with Gasteiger partial charge in [-0.3, -0.25) is 9.59 Å². The fourth-order valence-electron chi connectivity index (χ4n) is 3.68. The summed E-state index contributed by atoms with van der Waals surface area (Å²) in [4.78, 5) is 27.1. The zero-order chi connectivity index (χ0) is 23.4. The molecule has 7 heteroatoms. The molecule has 1 N–H and O–H groups in total. The summed E-state index contributed by atoms with van der Waals surface area (Å²) >= 11 is 0. The Bertz CT molecular complexity index is 1180. The SMILES string of the molecule is COc1ccccc1OCC(=O)Nc1ccc2c(c1)N(Cc1ccccc1C)C(=O)C(C)O2. The Hall–Kier alpha value is -4.00. The molecule has 0 spiro atoms. The molecule has 0 saturated heterocycles. The van der Waals surface area contributed by atoms with Crippen LogP contribution in [0.25, 0.3) is 0 Å². The standard InChI is InChI=1S/C26H26N2O5/c1-17-8-4-5-9-19(17)15-28-21-14-20(12-13-22(21)33-18(2)26(28)30)27-25(29)16-32-24-11-7-6-10-23(24)31-3/h4-14,18H,15-16H2,1-3H3,(H,27,29). The molecule has 0 fully saturated rings. The van der Waals surface area contributed by atoms with E-state index in [9.17, 15) is 9.59 Å². The van der Waals surface area contributed by atoms with E-state index in [-0.39, 0.29) is 18.4 Å². The Labute approximate surface area is 192 Å². The van der Waals surface area contributed by atoms with Gasteiger partial charge < -0.3 is 24.4 Å². The molecular formula is C26H26N2O5. The first-order chi connectivity index (χ1) is 16.0. The van der Waals surface area contributed by atoms with Gasteiger partial charge in [0.1, 0.15) is 5.75 Å². The first-order valence-electron chi connectivity index (χ1n) is 10.7. The molecule has 0 bridgehead atoms. The summed E-state index contributed by atoms with van der Waals surface area (Å²) in [7, 11) is 1.54. The molecule has 3 aromatic carbocycles. The number of aryl methyl sites for hydroxylation is 1. The fraction of sp³-hybridized carbons (Fsp3) is 0.231. The highest BCUT2D eigenvalue weighted by Gasteiger charge is 2.32. The average molecular weight is 447 g/mol. The number of hydrogen-bond acceptors (Lipinski definition) is 5. The van der Waals surface area contributed by atoms with Crippen molar-refractivity contribution in [1.29, 1.82) is 0 Å². The van der Waals surface area contributed by atoms with E-state index in [0.29, 0.717) is 35.2 Å².